The van der Waals surface area contributed by atoms with Crippen molar-refractivity contribution in [1.29, 1.82) is 0 Å². The molecule has 15 heavy (non-hydrogen) atoms. The lowest BCUT2D eigenvalue weighted by Gasteiger charge is -2.13. The lowest BCUT2D eigenvalue weighted by Crippen LogP contribution is -2.05. The highest BCUT2D eigenvalue weighted by Gasteiger charge is 2.11. The lowest BCUT2D eigenvalue weighted by molar-refractivity contribution is 0.388. The van der Waals surface area contributed by atoms with Crippen LogP contribution < -0.4 is 15.2 Å². The molecule has 0 saturated heterocycles. The molecule has 0 aliphatic rings. The van der Waals surface area contributed by atoms with Gasteiger partial charge in [0.25, 0.3) is 0 Å². The second-order valence-electron chi connectivity index (χ2n) is 3.03. The van der Waals surface area contributed by atoms with Gasteiger partial charge in [0.15, 0.2) is 0 Å². The molecule has 5 heteroatoms. The molecule has 1 rings (SSSR count). The molecule has 0 radical (unpaired) electrons. The highest BCUT2D eigenvalue weighted by atomic mass is 79.9. The summed E-state index contributed by atoms with van der Waals surface area (Å²) >= 11 is 3.39. The number of rotatable bonds is 3. The summed E-state index contributed by atoms with van der Waals surface area (Å²) < 4.78 is 11.2. The van der Waals surface area contributed by atoms with Crippen LogP contribution in [0, 0.1) is 0 Å². The maximum atomic E-state index is 5.78. The van der Waals surface area contributed by atoms with Gasteiger partial charge in [-0.15, -0.1) is 12.4 Å². The Morgan fingerprint density at radius 3 is 1.87 bits per heavy atom. The summed E-state index contributed by atoms with van der Waals surface area (Å²) in [6.07, 6.45) is 0. The number of ether oxygens (including phenoxy) is 2. The zero-order valence-electron chi connectivity index (χ0n) is 8.91. The maximum Gasteiger partial charge on any atom is 0.137 e. The standard InChI is InChI=1S/C10H14BrNO2.ClH/c1-6(12)7-4-8(13-2)10(11)9(5-7)14-3;/h4-6H,12H2,1-3H3;1H/t6-;/m0./s1. The van der Waals surface area contributed by atoms with E-state index in [2.05, 4.69) is 15.9 Å². The Bertz CT molecular complexity index is 306. The SMILES string of the molecule is COc1cc([C@H](C)N)cc(OC)c1Br.Cl. The summed E-state index contributed by atoms with van der Waals surface area (Å²) in [6.45, 7) is 1.92. The van der Waals surface area contributed by atoms with Gasteiger partial charge < -0.3 is 15.2 Å². The van der Waals surface area contributed by atoms with Crippen molar-refractivity contribution in [3.05, 3.63) is 22.2 Å². The molecule has 0 amide bonds. The molecule has 2 N–H and O–H groups in total. The molecule has 0 aliphatic heterocycles. The van der Waals surface area contributed by atoms with Crippen LogP contribution in [0.2, 0.25) is 0 Å². The minimum Gasteiger partial charge on any atom is -0.495 e. The minimum atomic E-state index is -0.0362. The van der Waals surface area contributed by atoms with E-state index in [9.17, 15) is 0 Å². The fourth-order valence-corrected chi connectivity index (χ4v) is 1.71. The van der Waals surface area contributed by atoms with E-state index in [4.69, 9.17) is 15.2 Å². The van der Waals surface area contributed by atoms with Crippen LogP contribution in [0.25, 0.3) is 0 Å². The third kappa shape index (κ3) is 3.26. The van der Waals surface area contributed by atoms with Gasteiger partial charge in [0, 0.05) is 6.04 Å². The van der Waals surface area contributed by atoms with Crippen molar-refractivity contribution in [2.75, 3.05) is 14.2 Å². The van der Waals surface area contributed by atoms with Gasteiger partial charge in [0.05, 0.1) is 14.2 Å². The van der Waals surface area contributed by atoms with Crippen molar-refractivity contribution < 1.29 is 9.47 Å². The molecule has 0 unspecified atom stereocenters. The van der Waals surface area contributed by atoms with E-state index in [1.165, 1.54) is 0 Å². The Hall–Kier alpha value is -0.450. The Kier molecular flexibility index (Phi) is 6.02. The number of benzene rings is 1. The summed E-state index contributed by atoms with van der Waals surface area (Å²) in [5.74, 6) is 1.47. The molecule has 1 aromatic carbocycles. The summed E-state index contributed by atoms with van der Waals surface area (Å²) in [5, 5.41) is 0. The second-order valence-corrected chi connectivity index (χ2v) is 3.82. The molecule has 0 heterocycles. The molecular weight excluding hydrogens is 281 g/mol. The van der Waals surface area contributed by atoms with Gasteiger partial charge in [-0.05, 0) is 40.5 Å². The predicted octanol–water partition coefficient (Wildman–Crippen LogP) is 2.91. The highest BCUT2D eigenvalue weighted by Crippen LogP contribution is 2.36. The Labute approximate surface area is 104 Å². The number of hydrogen-bond donors (Lipinski definition) is 1. The van der Waals surface area contributed by atoms with Gasteiger partial charge in [0.1, 0.15) is 16.0 Å². The molecule has 0 bridgehead atoms. The summed E-state index contributed by atoms with van der Waals surface area (Å²) in [6, 6.07) is 3.76. The lowest BCUT2D eigenvalue weighted by atomic mass is 10.1. The molecule has 86 valence electrons. The number of nitrogens with two attached hydrogens (primary N) is 1. The zero-order chi connectivity index (χ0) is 10.7. The predicted molar refractivity (Wildman–Crippen MR) is 67.1 cm³/mol. The summed E-state index contributed by atoms with van der Waals surface area (Å²) in [4.78, 5) is 0. The van der Waals surface area contributed by atoms with Crippen molar-refractivity contribution in [2.45, 2.75) is 13.0 Å². The van der Waals surface area contributed by atoms with E-state index in [0.29, 0.717) is 0 Å². The molecule has 1 atom stereocenters. The normalized spacial score (nSPS) is 11.5. The van der Waals surface area contributed by atoms with Gasteiger partial charge in [-0.3, -0.25) is 0 Å². The van der Waals surface area contributed by atoms with E-state index in [1.807, 2.05) is 19.1 Å². The summed E-state index contributed by atoms with van der Waals surface area (Å²) in [7, 11) is 3.23. The first-order valence-corrected chi connectivity index (χ1v) is 5.06. The number of methoxy groups -OCH3 is 2. The van der Waals surface area contributed by atoms with E-state index in [0.717, 1.165) is 21.5 Å². The first kappa shape index (κ1) is 14.5. The molecule has 0 aliphatic carbocycles. The van der Waals surface area contributed by atoms with Crippen LogP contribution >= 0.6 is 28.3 Å². The molecular formula is C10H15BrClNO2. The van der Waals surface area contributed by atoms with Crippen LogP contribution in [0.5, 0.6) is 11.5 Å². The van der Waals surface area contributed by atoms with Crippen molar-refractivity contribution in [3.8, 4) is 11.5 Å². The van der Waals surface area contributed by atoms with Crippen molar-refractivity contribution in [1.82, 2.24) is 0 Å². The van der Waals surface area contributed by atoms with Gasteiger partial charge in [-0.2, -0.15) is 0 Å². The first-order chi connectivity index (χ1) is 6.60. The topological polar surface area (TPSA) is 44.5 Å². The minimum absolute atomic E-state index is 0. The van der Waals surface area contributed by atoms with Gasteiger partial charge in [0.2, 0.25) is 0 Å². The largest absolute Gasteiger partial charge is 0.495 e. The van der Waals surface area contributed by atoms with Gasteiger partial charge >= 0.3 is 0 Å². The van der Waals surface area contributed by atoms with Crippen LogP contribution in [-0.4, -0.2) is 14.2 Å². The molecule has 0 fully saturated rings. The van der Waals surface area contributed by atoms with E-state index >= 15 is 0 Å². The molecule has 0 spiro atoms. The fraction of sp³-hybridized carbons (Fsp3) is 0.400. The van der Waals surface area contributed by atoms with Crippen LogP contribution in [0.4, 0.5) is 0 Å². The van der Waals surface area contributed by atoms with Gasteiger partial charge in [-0.1, -0.05) is 0 Å². The van der Waals surface area contributed by atoms with Crippen LogP contribution in [0.1, 0.15) is 18.5 Å². The molecule has 1 aromatic rings. The van der Waals surface area contributed by atoms with Crippen LogP contribution in [0.3, 0.4) is 0 Å². The van der Waals surface area contributed by atoms with Crippen LogP contribution in [-0.2, 0) is 0 Å². The average Bonchev–Trinajstić information content (AvgIpc) is 2.17. The van der Waals surface area contributed by atoms with Crippen molar-refractivity contribution in [3.63, 3.8) is 0 Å². The van der Waals surface area contributed by atoms with E-state index in [1.54, 1.807) is 14.2 Å². The third-order valence-electron chi connectivity index (χ3n) is 1.99. The maximum absolute atomic E-state index is 5.78. The van der Waals surface area contributed by atoms with Gasteiger partial charge in [-0.25, -0.2) is 0 Å². The second kappa shape index (κ2) is 6.20. The fourth-order valence-electron chi connectivity index (χ4n) is 1.15. The Morgan fingerprint density at radius 2 is 1.60 bits per heavy atom. The monoisotopic (exact) mass is 295 g/mol. The highest BCUT2D eigenvalue weighted by molar-refractivity contribution is 9.10. The molecule has 3 nitrogen and oxygen atoms in total. The Morgan fingerprint density at radius 1 is 1.20 bits per heavy atom. The van der Waals surface area contributed by atoms with E-state index in [-0.39, 0.29) is 18.4 Å². The molecule has 0 saturated carbocycles. The van der Waals surface area contributed by atoms with E-state index < -0.39 is 0 Å². The average molecular weight is 297 g/mol. The number of halogens is 2. The van der Waals surface area contributed by atoms with Crippen molar-refractivity contribution >= 4 is 28.3 Å². The van der Waals surface area contributed by atoms with Crippen LogP contribution in [0.15, 0.2) is 16.6 Å². The first-order valence-electron chi connectivity index (χ1n) is 4.27. The third-order valence-corrected chi connectivity index (χ3v) is 2.78. The summed E-state index contributed by atoms with van der Waals surface area (Å²) in [5.41, 5.74) is 6.77. The van der Waals surface area contributed by atoms with Crippen molar-refractivity contribution in [2.24, 2.45) is 5.73 Å². The quantitative estimate of drug-likeness (QED) is 0.933. The number of hydrogen-bond acceptors (Lipinski definition) is 3. The Balaban J connectivity index is 0.00000196. The molecule has 0 aromatic heterocycles. The smallest absolute Gasteiger partial charge is 0.137 e. The zero-order valence-corrected chi connectivity index (χ0v) is 11.3.